The molecule has 5 heteroatoms. The molecular weight excluding hydrogens is 246 g/mol. The van der Waals surface area contributed by atoms with Crippen LogP contribution in [0.5, 0.6) is 11.5 Å². The number of hydrogen-bond donors (Lipinski definition) is 2. The van der Waals surface area contributed by atoms with Crippen molar-refractivity contribution in [3.05, 3.63) is 23.8 Å². The standard InChI is InChI=1S/C14H19NO4/c1-18-11-4-3-10(12(7-11)19-2)8-15-9-14(5-6-14)13(16)17/h3-4,7,15H,5-6,8-9H2,1-2H3,(H,16,17). The van der Waals surface area contributed by atoms with Crippen molar-refractivity contribution in [1.29, 1.82) is 0 Å². The van der Waals surface area contributed by atoms with E-state index in [1.54, 1.807) is 14.2 Å². The molecule has 19 heavy (non-hydrogen) atoms. The molecule has 0 saturated heterocycles. The van der Waals surface area contributed by atoms with Gasteiger partial charge in [-0.1, -0.05) is 6.07 Å². The SMILES string of the molecule is COc1ccc(CNCC2(C(=O)O)CC2)c(OC)c1. The zero-order valence-electron chi connectivity index (χ0n) is 11.2. The lowest BCUT2D eigenvalue weighted by Crippen LogP contribution is -2.29. The van der Waals surface area contributed by atoms with Gasteiger partial charge in [-0.05, 0) is 18.9 Å². The summed E-state index contributed by atoms with van der Waals surface area (Å²) >= 11 is 0. The van der Waals surface area contributed by atoms with E-state index in [4.69, 9.17) is 14.6 Å². The van der Waals surface area contributed by atoms with E-state index < -0.39 is 11.4 Å². The molecule has 1 fully saturated rings. The highest BCUT2D eigenvalue weighted by Gasteiger charge is 2.49. The van der Waals surface area contributed by atoms with E-state index in [-0.39, 0.29) is 0 Å². The highest BCUT2D eigenvalue weighted by Crippen LogP contribution is 2.45. The molecule has 2 rings (SSSR count). The minimum atomic E-state index is -0.707. The average Bonchev–Trinajstić information content (AvgIpc) is 3.20. The zero-order valence-corrected chi connectivity index (χ0v) is 11.2. The maximum Gasteiger partial charge on any atom is 0.310 e. The minimum absolute atomic E-state index is 0.498. The highest BCUT2D eigenvalue weighted by molar-refractivity contribution is 5.78. The first-order valence-corrected chi connectivity index (χ1v) is 6.26. The Kier molecular flexibility index (Phi) is 3.95. The van der Waals surface area contributed by atoms with E-state index >= 15 is 0 Å². The van der Waals surface area contributed by atoms with E-state index in [0.29, 0.717) is 13.1 Å². The van der Waals surface area contributed by atoms with Gasteiger partial charge < -0.3 is 19.9 Å². The first-order valence-electron chi connectivity index (χ1n) is 6.26. The number of carboxylic acid groups (broad SMARTS) is 1. The molecule has 0 aliphatic heterocycles. The lowest BCUT2D eigenvalue weighted by atomic mass is 10.1. The Bertz CT molecular complexity index is 469. The summed E-state index contributed by atoms with van der Waals surface area (Å²) < 4.78 is 10.4. The first-order chi connectivity index (χ1) is 9.11. The first kappa shape index (κ1) is 13.7. The van der Waals surface area contributed by atoms with Gasteiger partial charge in [-0.2, -0.15) is 0 Å². The number of methoxy groups -OCH3 is 2. The maximum absolute atomic E-state index is 11.1. The molecule has 0 heterocycles. The third-order valence-electron chi connectivity index (χ3n) is 3.58. The lowest BCUT2D eigenvalue weighted by molar-refractivity contribution is -0.143. The molecule has 1 aromatic carbocycles. The Morgan fingerprint density at radius 2 is 2.11 bits per heavy atom. The van der Waals surface area contributed by atoms with Crippen molar-refractivity contribution in [3.63, 3.8) is 0 Å². The molecule has 0 aromatic heterocycles. The Labute approximate surface area is 112 Å². The van der Waals surface area contributed by atoms with E-state index in [2.05, 4.69) is 5.32 Å². The third-order valence-corrected chi connectivity index (χ3v) is 3.58. The van der Waals surface area contributed by atoms with Gasteiger partial charge in [0.2, 0.25) is 0 Å². The lowest BCUT2D eigenvalue weighted by Gasteiger charge is -2.13. The predicted molar refractivity (Wildman–Crippen MR) is 70.6 cm³/mol. The van der Waals surface area contributed by atoms with Gasteiger partial charge in [-0.25, -0.2) is 0 Å². The second kappa shape index (κ2) is 5.48. The topological polar surface area (TPSA) is 67.8 Å². The molecule has 0 spiro atoms. The smallest absolute Gasteiger partial charge is 0.310 e. The van der Waals surface area contributed by atoms with Crippen LogP contribution in [0.2, 0.25) is 0 Å². The van der Waals surface area contributed by atoms with E-state index in [0.717, 1.165) is 29.9 Å². The van der Waals surface area contributed by atoms with E-state index in [9.17, 15) is 4.79 Å². The minimum Gasteiger partial charge on any atom is -0.497 e. The largest absolute Gasteiger partial charge is 0.497 e. The molecule has 0 unspecified atom stereocenters. The van der Waals surface area contributed by atoms with Crippen LogP contribution in [0.25, 0.3) is 0 Å². The van der Waals surface area contributed by atoms with Gasteiger partial charge >= 0.3 is 5.97 Å². The molecule has 0 bridgehead atoms. The van der Waals surface area contributed by atoms with Crippen molar-refractivity contribution < 1.29 is 19.4 Å². The van der Waals surface area contributed by atoms with Crippen LogP contribution in [0.1, 0.15) is 18.4 Å². The van der Waals surface area contributed by atoms with Gasteiger partial charge in [0.1, 0.15) is 11.5 Å². The van der Waals surface area contributed by atoms with Gasteiger partial charge in [0, 0.05) is 24.7 Å². The van der Waals surface area contributed by atoms with Crippen LogP contribution in [0.3, 0.4) is 0 Å². The van der Waals surface area contributed by atoms with Crippen molar-refractivity contribution in [2.24, 2.45) is 5.41 Å². The van der Waals surface area contributed by atoms with Crippen molar-refractivity contribution in [3.8, 4) is 11.5 Å². The fourth-order valence-electron chi connectivity index (χ4n) is 2.05. The number of aliphatic carboxylic acids is 1. The molecule has 0 radical (unpaired) electrons. The van der Waals surface area contributed by atoms with Gasteiger partial charge in [0.05, 0.1) is 19.6 Å². The van der Waals surface area contributed by atoms with Crippen molar-refractivity contribution in [2.45, 2.75) is 19.4 Å². The normalized spacial score (nSPS) is 15.9. The summed E-state index contributed by atoms with van der Waals surface area (Å²) in [6.07, 6.45) is 1.52. The fourth-order valence-corrected chi connectivity index (χ4v) is 2.05. The van der Waals surface area contributed by atoms with Crippen LogP contribution in [-0.4, -0.2) is 31.8 Å². The number of hydrogen-bond acceptors (Lipinski definition) is 4. The molecule has 5 nitrogen and oxygen atoms in total. The predicted octanol–water partition coefficient (Wildman–Crippen LogP) is 1.66. The average molecular weight is 265 g/mol. The second-order valence-corrected chi connectivity index (χ2v) is 4.87. The van der Waals surface area contributed by atoms with Gasteiger partial charge in [0.25, 0.3) is 0 Å². The van der Waals surface area contributed by atoms with Crippen LogP contribution in [-0.2, 0) is 11.3 Å². The van der Waals surface area contributed by atoms with Crippen LogP contribution in [0.4, 0.5) is 0 Å². The molecule has 0 amide bonds. The molecule has 1 aliphatic rings. The number of carbonyl (C=O) groups is 1. The van der Waals surface area contributed by atoms with Crippen molar-refractivity contribution in [2.75, 3.05) is 20.8 Å². The van der Waals surface area contributed by atoms with E-state index in [1.807, 2.05) is 18.2 Å². The number of benzene rings is 1. The van der Waals surface area contributed by atoms with Crippen LogP contribution in [0, 0.1) is 5.41 Å². The van der Waals surface area contributed by atoms with Crippen molar-refractivity contribution in [1.82, 2.24) is 5.32 Å². The Morgan fingerprint density at radius 1 is 1.37 bits per heavy atom. The van der Waals surface area contributed by atoms with Gasteiger partial charge in [0.15, 0.2) is 0 Å². The Balaban J connectivity index is 1.94. The summed E-state index contributed by atoms with van der Waals surface area (Å²) in [5.74, 6) is 0.776. The molecule has 1 aromatic rings. The number of ether oxygens (including phenoxy) is 2. The summed E-state index contributed by atoms with van der Waals surface area (Å²) in [7, 11) is 3.22. The molecule has 1 aliphatic carbocycles. The fraction of sp³-hybridized carbons (Fsp3) is 0.500. The van der Waals surface area contributed by atoms with Crippen LogP contribution >= 0.6 is 0 Å². The highest BCUT2D eigenvalue weighted by atomic mass is 16.5. The molecule has 2 N–H and O–H groups in total. The number of nitrogens with one attached hydrogen (secondary N) is 1. The van der Waals surface area contributed by atoms with Crippen LogP contribution in [0.15, 0.2) is 18.2 Å². The monoisotopic (exact) mass is 265 g/mol. The summed E-state index contributed by atoms with van der Waals surface area (Å²) in [4.78, 5) is 11.1. The third kappa shape index (κ3) is 2.98. The van der Waals surface area contributed by atoms with Crippen molar-refractivity contribution >= 4 is 5.97 Å². The number of rotatable bonds is 7. The molecule has 1 saturated carbocycles. The van der Waals surface area contributed by atoms with Gasteiger partial charge in [-0.15, -0.1) is 0 Å². The van der Waals surface area contributed by atoms with Gasteiger partial charge in [-0.3, -0.25) is 4.79 Å². The molecular formula is C14H19NO4. The Morgan fingerprint density at radius 3 is 2.63 bits per heavy atom. The molecule has 0 atom stereocenters. The molecule has 104 valence electrons. The van der Waals surface area contributed by atoms with E-state index in [1.165, 1.54) is 0 Å². The Hall–Kier alpha value is -1.75. The summed E-state index contributed by atoms with van der Waals surface area (Å²) in [5.41, 5.74) is 0.448. The summed E-state index contributed by atoms with van der Waals surface area (Å²) in [6, 6.07) is 5.61. The number of carboxylic acids is 1. The maximum atomic E-state index is 11.1. The second-order valence-electron chi connectivity index (χ2n) is 4.87. The zero-order chi connectivity index (χ0) is 13.9. The quantitative estimate of drug-likeness (QED) is 0.784. The summed E-state index contributed by atoms with van der Waals surface area (Å²) in [6.45, 7) is 1.08. The van der Waals surface area contributed by atoms with Crippen LogP contribution < -0.4 is 14.8 Å². The summed E-state index contributed by atoms with van der Waals surface area (Å²) in [5, 5.41) is 12.3.